The summed E-state index contributed by atoms with van der Waals surface area (Å²) < 4.78 is 9.57. The van der Waals surface area contributed by atoms with E-state index < -0.39 is 16.8 Å². The molecule has 0 saturated heterocycles. The summed E-state index contributed by atoms with van der Waals surface area (Å²) in [5.41, 5.74) is -0.297. The third-order valence-electron chi connectivity index (χ3n) is 1.71. The molecule has 2 aromatic rings. The first-order valence-electron chi connectivity index (χ1n) is 4.01. The van der Waals surface area contributed by atoms with Gasteiger partial charge in [0.1, 0.15) is 11.2 Å². The summed E-state index contributed by atoms with van der Waals surface area (Å²) in [4.78, 5) is 23.7. The lowest BCUT2D eigenvalue weighted by Crippen LogP contribution is -1.95. The van der Waals surface area contributed by atoms with Crippen LogP contribution in [-0.2, 0) is 0 Å². The van der Waals surface area contributed by atoms with E-state index >= 15 is 0 Å². The third kappa shape index (κ3) is 1.63. The Labute approximate surface area is 87.3 Å². The molecule has 1 N–H and O–H groups in total. The molecule has 2 heterocycles. The van der Waals surface area contributed by atoms with Crippen molar-refractivity contribution in [2.24, 2.45) is 0 Å². The van der Waals surface area contributed by atoms with Crippen molar-refractivity contribution >= 4 is 11.9 Å². The van der Waals surface area contributed by atoms with Crippen molar-refractivity contribution in [2.75, 3.05) is 0 Å². The van der Waals surface area contributed by atoms with Crippen LogP contribution in [0.1, 0.15) is 10.5 Å². The van der Waals surface area contributed by atoms with E-state index in [4.69, 9.17) is 13.9 Å². The van der Waals surface area contributed by atoms with Crippen molar-refractivity contribution in [1.82, 2.24) is 4.98 Å². The number of carboxylic acids is 1. The molecule has 0 spiro atoms. The number of carbonyl (C=O) groups is 1. The van der Waals surface area contributed by atoms with Crippen molar-refractivity contribution in [3.8, 4) is 11.7 Å². The first-order chi connectivity index (χ1) is 7.58. The number of oxazole rings is 1. The van der Waals surface area contributed by atoms with Crippen LogP contribution in [0.4, 0.5) is 5.88 Å². The van der Waals surface area contributed by atoms with Crippen LogP contribution in [0.3, 0.4) is 0 Å². The monoisotopic (exact) mass is 224 g/mol. The summed E-state index contributed by atoms with van der Waals surface area (Å²) in [6.45, 7) is 0. The molecule has 0 atom stereocenters. The van der Waals surface area contributed by atoms with Gasteiger partial charge in [0.15, 0.2) is 11.5 Å². The van der Waals surface area contributed by atoms with Crippen LogP contribution in [0, 0.1) is 10.1 Å². The standard InChI is InChI=1S/C8H4N2O6/c11-8(12)4-3-15-7(9-4)5-1-2-6(16-5)10(13)14/h1-3H,(H,11,12). The molecule has 8 nitrogen and oxygen atoms in total. The smallest absolute Gasteiger partial charge is 0.433 e. The van der Waals surface area contributed by atoms with Crippen LogP contribution in [-0.4, -0.2) is 21.0 Å². The largest absolute Gasteiger partial charge is 0.476 e. The molecule has 0 bridgehead atoms. The van der Waals surface area contributed by atoms with E-state index in [2.05, 4.69) is 4.98 Å². The zero-order chi connectivity index (χ0) is 11.7. The summed E-state index contributed by atoms with van der Waals surface area (Å²) >= 11 is 0. The van der Waals surface area contributed by atoms with Gasteiger partial charge in [-0.05, 0) is 6.07 Å². The summed E-state index contributed by atoms with van der Waals surface area (Å²) in [7, 11) is 0. The van der Waals surface area contributed by atoms with Crippen molar-refractivity contribution < 1.29 is 23.7 Å². The average molecular weight is 224 g/mol. The summed E-state index contributed by atoms with van der Waals surface area (Å²) in [5.74, 6) is -1.84. The van der Waals surface area contributed by atoms with Gasteiger partial charge < -0.3 is 13.9 Å². The molecule has 0 fully saturated rings. The van der Waals surface area contributed by atoms with Crippen LogP contribution < -0.4 is 0 Å². The van der Waals surface area contributed by atoms with Crippen LogP contribution in [0.2, 0.25) is 0 Å². The van der Waals surface area contributed by atoms with E-state index in [0.29, 0.717) is 0 Å². The fourth-order valence-electron chi connectivity index (χ4n) is 1.03. The average Bonchev–Trinajstić information content (AvgIpc) is 2.86. The molecule has 0 aromatic carbocycles. The minimum Gasteiger partial charge on any atom is -0.476 e. The van der Waals surface area contributed by atoms with Gasteiger partial charge in [-0.2, -0.15) is 4.98 Å². The van der Waals surface area contributed by atoms with Gasteiger partial charge in [0, 0.05) is 0 Å². The van der Waals surface area contributed by atoms with Crippen LogP contribution in [0.25, 0.3) is 11.7 Å². The summed E-state index contributed by atoms with van der Waals surface area (Å²) in [5, 5.41) is 18.9. The lowest BCUT2D eigenvalue weighted by molar-refractivity contribution is -0.401. The van der Waals surface area contributed by atoms with Crippen molar-refractivity contribution in [2.45, 2.75) is 0 Å². The maximum absolute atomic E-state index is 10.5. The maximum Gasteiger partial charge on any atom is 0.433 e. The summed E-state index contributed by atoms with van der Waals surface area (Å²) in [6.07, 6.45) is 0.923. The molecule has 0 radical (unpaired) electrons. The van der Waals surface area contributed by atoms with Crippen LogP contribution in [0.5, 0.6) is 0 Å². The third-order valence-corrected chi connectivity index (χ3v) is 1.71. The normalized spacial score (nSPS) is 10.2. The van der Waals surface area contributed by atoms with Gasteiger partial charge in [0.05, 0.1) is 6.07 Å². The lowest BCUT2D eigenvalue weighted by atomic mass is 10.4. The fraction of sp³-hybridized carbons (Fsp3) is 0. The Morgan fingerprint density at radius 3 is 2.75 bits per heavy atom. The van der Waals surface area contributed by atoms with Gasteiger partial charge in [-0.1, -0.05) is 0 Å². The topological polar surface area (TPSA) is 120 Å². The molecule has 16 heavy (non-hydrogen) atoms. The van der Waals surface area contributed by atoms with E-state index in [1.165, 1.54) is 6.07 Å². The zero-order valence-electron chi connectivity index (χ0n) is 7.61. The van der Waals surface area contributed by atoms with Crippen LogP contribution in [0.15, 0.2) is 27.2 Å². The first kappa shape index (κ1) is 9.90. The highest BCUT2D eigenvalue weighted by molar-refractivity contribution is 5.85. The number of hydrogen-bond acceptors (Lipinski definition) is 6. The predicted octanol–water partition coefficient (Wildman–Crippen LogP) is 1.54. The second-order valence-electron chi connectivity index (χ2n) is 2.74. The molecule has 0 amide bonds. The number of nitrogens with zero attached hydrogens (tertiary/aromatic N) is 2. The van der Waals surface area contributed by atoms with Crippen molar-refractivity contribution in [3.63, 3.8) is 0 Å². The Balaban J connectivity index is 2.35. The number of aromatic nitrogens is 1. The molecule has 0 aliphatic carbocycles. The fourth-order valence-corrected chi connectivity index (χ4v) is 1.03. The quantitative estimate of drug-likeness (QED) is 0.619. The van der Waals surface area contributed by atoms with E-state index in [1.54, 1.807) is 0 Å². The molecule has 2 rings (SSSR count). The molecule has 8 heteroatoms. The number of furan rings is 1. The van der Waals surface area contributed by atoms with E-state index in [1.807, 2.05) is 0 Å². The first-order valence-corrected chi connectivity index (χ1v) is 4.01. The number of nitro groups is 1. The van der Waals surface area contributed by atoms with E-state index in [9.17, 15) is 14.9 Å². The van der Waals surface area contributed by atoms with Gasteiger partial charge in [-0.3, -0.25) is 10.1 Å². The van der Waals surface area contributed by atoms with Gasteiger partial charge in [0.25, 0.3) is 5.89 Å². The minimum absolute atomic E-state index is 0.000741. The Kier molecular flexibility index (Phi) is 2.16. The molecule has 82 valence electrons. The van der Waals surface area contributed by atoms with E-state index in [0.717, 1.165) is 12.3 Å². The van der Waals surface area contributed by atoms with Gasteiger partial charge in [0.2, 0.25) is 0 Å². The van der Waals surface area contributed by atoms with Crippen molar-refractivity contribution in [1.29, 1.82) is 0 Å². The second-order valence-corrected chi connectivity index (χ2v) is 2.74. The van der Waals surface area contributed by atoms with Gasteiger partial charge in [-0.15, -0.1) is 0 Å². The highest BCUT2D eigenvalue weighted by atomic mass is 16.6. The lowest BCUT2D eigenvalue weighted by Gasteiger charge is -1.85. The number of hydrogen-bond donors (Lipinski definition) is 1. The minimum atomic E-state index is -1.25. The van der Waals surface area contributed by atoms with Gasteiger partial charge >= 0.3 is 11.9 Å². The molecular weight excluding hydrogens is 220 g/mol. The highest BCUT2D eigenvalue weighted by Crippen LogP contribution is 2.25. The zero-order valence-corrected chi connectivity index (χ0v) is 7.61. The Morgan fingerprint density at radius 2 is 2.25 bits per heavy atom. The molecule has 2 aromatic heterocycles. The molecule has 0 aliphatic heterocycles. The number of carboxylic acid groups (broad SMARTS) is 1. The Bertz CT molecular complexity index is 504. The number of rotatable bonds is 3. The molecule has 0 unspecified atom stereocenters. The number of aromatic carboxylic acids is 1. The van der Waals surface area contributed by atoms with Crippen LogP contribution >= 0.6 is 0 Å². The Morgan fingerprint density at radius 1 is 1.50 bits per heavy atom. The van der Waals surface area contributed by atoms with E-state index in [-0.39, 0.29) is 17.3 Å². The SMILES string of the molecule is O=C(O)c1coc(-c2ccc([N+](=O)[O-])o2)n1. The molecular formula is C8H4N2O6. The highest BCUT2D eigenvalue weighted by Gasteiger charge is 2.18. The predicted molar refractivity (Wildman–Crippen MR) is 47.8 cm³/mol. The summed E-state index contributed by atoms with van der Waals surface area (Å²) in [6, 6.07) is 2.40. The molecule has 0 aliphatic rings. The van der Waals surface area contributed by atoms with Gasteiger partial charge in [-0.25, -0.2) is 4.79 Å². The maximum atomic E-state index is 10.5. The Hall–Kier alpha value is -2.64. The van der Waals surface area contributed by atoms with Crippen molar-refractivity contribution in [3.05, 3.63) is 34.2 Å². The molecule has 0 saturated carbocycles. The second kappa shape index (κ2) is 3.50.